The minimum atomic E-state index is -0.623. The third-order valence-corrected chi connectivity index (χ3v) is 2.37. The van der Waals surface area contributed by atoms with Crippen LogP contribution in [-0.4, -0.2) is 37.9 Å². The number of benzene rings is 1. The molecule has 0 spiro atoms. The van der Waals surface area contributed by atoms with Crippen LogP contribution in [-0.2, 0) is 0 Å². The number of nitrogen functional groups attached to an aromatic ring is 1. The predicted molar refractivity (Wildman–Crippen MR) is 68.0 cm³/mol. The molecule has 1 amide bonds. The first-order chi connectivity index (χ1) is 8.49. The number of aliphatic hydroxyl groups excluding tert-OH is 1. The van der Waals surface area contributed by atoms with Crippen molar-refractivity contribution in [3.05, 3.63) is 17.7 Å². The molecule has 1 aromatic rings. The Labute approximate surface area is 106 Å². The summed E-state index contributed by atoms with van der Waals surface area (Å²) in [6.45, 7) is 1.73. The molecule has 0 fully saturated rings. The van der Waals surface area contributed by atoms with E-state index in [4.69, 9.17) is 20.3 Å². The van der Waals surface area contributed by atoms with E-state index >= 15 is 0 Å². The third-order valence-electron chi connectivity index (χ3n) is 2.37. The highest BCUT2D eigenvalue weighted by Crippen LogP contribution is 2.30. The van der Waals surface area contributed by atoms with Crippen LogP contribution in [0.5, 0.6) is 11.5 Å². The van der Waals surface area contributed by atoms with Crippen LogP contribution in [0.15, 0.2) is 12.1 Å². The second-order valence-corrected chi connectivity index (χ2v) is 3.85. The highest BCUT2D eigenvalue weighted by Gasteiger charge is 2.16. The Bertz CT molecular complexity index is 432. The monoisotopic (exact) mass is 254 g/mol. The maximum Gasteiger partial charge on any atom is 0.253 e. The first kappa shape index (κ1) is 14.1. The first-order valence-corrected chi connectivity index (χ1v) is 5.47. The zero-order valence-corrected chi connectivity index (χ0v) is 10.7. The molecular formula is C12H18N2O4. The van der Waals surface area contributed by atoms with Crippen LogP contribution >= 0.6 is 0 Å². The van der Waals surface area contributed by atoms with Crippen molar-refractivity contribution in [2.75, 3.05) is 26.5 Å². The number of ether oxygens (including phenoxy) is 2. The van der Waals surface area contributed by atoms with Gasteiger partial charge in [-0.25, -0.2) is 0 Å². The van der Waals surface area contributed by atoms with Crippen molar-refractivity contribution >= 4 is 11.6 Å². The van der Waals surface area contributed by atoms with Crippen LogP contribution in [0.4, 0.5) is 5.69 Å². The number of hydrogen-bond acceptors (Lipinski definition) is 5. The van der Waals surface area contributed by atoms with Gasteiger partial charge in [0, 0.05) is 12.6 Å². The SMILES string of the molecule is COc1cc(OC)c(N)c(C(=O)NCC(C)O)c1. The molecule has 18 heavy (non-hydrogen) atoms. The molecule has 0 aromatic heterocycles. The van der Waals surface area contributed by atoms with Crippen molar-refractivity contribution in [3.8, 4) is 11.5 Å². The lowest BCUT2D eigenvalue weighted by Gasteiger charge is -2.13. The Morgan fingerprint density at radius 3 is 2.61 bits per heavy atom. The summed E-state index contributed by atoms with van der Waals surface area (Å²) in [5, 5.41) is 11.7. The molecule has 100 valence electrons. The zero-order chi connectivity index (χ0) is 13.7. The lowest BCUT2D eigenvalue weighted by molar-refractivity contribution is 0.0924. The molecule has 1 unspecified atom stereocenters. The van der Waals surface area contributed by atoms with Gasteiger partial charge in [0.05, 0.1) is 31.6 Å². The van der Waals surface area contributed by atoms with Crippen LogP contribution in [0, 0.1) is 0 Å². The fourth-order valence-corrected chi connectivity index (χ4v) is 1.41. The molecule has 0 bridgehead atoms. The van der Waals surface area contributed by atoms with Gasteiger partial charge in [0.2, 0.25) is 0 Å². The van der Waals surface area contributed by atoms with Gasteiger partial charge in [-0.05, 0) is 13.0 Å². The minimum absolute atomic E-state index is 0.151. The second kappa shape index (κ2) is 6.11. The minimum Gasteiger partial charge on any atom is -0.497 e. The van der Waals surface area contributed by atoms with E-state index in [1.54, 1.807) is 13.0 Å². The topological polar surface area (TPSA) is 93.8 Å². The van der Waals surface area contributed by atoms with Gasteiger partial charge >= 0.3 is 0 Å². The maximum absolute atomic E-state index is 11.9. The number of anilines is 1. The van der Waals surface area contributed by atoms with Gasteiger partial charge in [-0.15, -0.1) is 0 Å². The van der Waals surface area contributed by atoms with Crippen LogP contribution < -0.4 is 20.5 Å². The van der Waals surface area contributed by atoms with Gasteiger partial charge in [-0.2, -0.15) is 0 Å². The summed E-state index contributed by atoms with van der Waals surface area (Å²) in [4.78, 5) is 11.9. The molecular weight excluding hydrogens is 236 g/mol. The average molecular weight is 254 g/mol. The average Bonchev–Trinajstić information content (AvgIpc) is 2.36. The van der Waals surface area contributed by atoms with E-state index in [0.29, 0.717) is 11.5 Å². The quantitative estimate of drug-likeness (QED) is 0.661. The summed E-state index contributed by atoms with van der Waals surface area (Å²) in [5.74, 6) is 0.463. The number of rotatable bonds is 5. The summed E-state index contributed by atoms with van der Waals surface area (Å²) in [5.41, 5.74) is 6.31. The zero-order valence-electron chi connectivity index (χ0n) is 10.7. The van der Waals surface area contributed by atoms with Gasteiger partial charge < -0.3 is 25.6 Å². The molecule has 1 rings (SSSR count). The number of hydrogen-bond donors (Lipinski definition) is 3. The van der Waals surface area contributed by atoms with Gasteiger partial charge in [-0.1, -0.05) is 0 Å². The Morgan fingerprint density at radius 1 is 1.44 bits per heavy atom. The van der Waals surface area contributed by atoms with Crippen LogP contribution in [0.3, 0.4) is 0 Å². The van der Waals surface area contributed by atoms with Crippen molar-refractivity contribution in [1.29, 1.82) is 0 Å². The first-order valence-electron chi connectivity index (χ1n) is 5.47. The normalized spacial score (nSPS) is 11.8. The molecule has 0 saturated heterocycles. The molecule has 0 aliphatic rings. The third kappa shape index (κ3) is 3.27. The van der Waals surface area contributed by atoms with Crippen LogP contribution in [0.25, 0.3) is 0 Å². The van der Waals surface area contributed by atoms with Gasteiger partial charge in [0.1, 0.15) is 11.5 Å². The number of carbonyl (C=O) groups is 1. The van der Waals surface area contributed by atoms with Crippen molar-refractivity contribution in [2.45, 2.75) is 13.0 Å². The van der Waals surface area contributed by atoms with E-state index < -0.39 is 6.10 Å². The van der Waals surface area contributed by atoms with E-state index in [1.807, 2.05) is 0 Å². The molecule has 1 atom stereocenters. The summed E-state index contributed by atoms with van der Waals surface area (Å²) in [7, 11) is 2.95. The molecule has 0 aliphatic heterocycles. The number of nitrogens with one attached hydrogen (secondary N) is 1. The predicted octanol–water partition coefficient (Wildman–Crippen LogP) is 0.397. The number of nitrogens with two attached hydrogens (primary N) is 1. The fraction of sp³-hybridized carbons (Fsp3) is 0.417. The molecule has 6 heteroatoms. The van der Waals surface area contributed by atoms with Gasteiger partial charge in [0.25, 0.3) is 5.91 Å². The summed E-state index contributed by atoms with van der Waals surface area (Å²) in [6.07, 6.45) is -0.623. The van der Waals surface area contributed by atoms with Crippen molar-refractivity contribution in [1.82, 2.24) is 5.32 Å². The summed E-state index contributed by atoms with van der Waals surface area (Å²) in [6, 6.07) is 3.12. The van der Waals surface area contributed by atoms with Gasteiger partial charge in [-0.3, -0.25) is 4.79 Å². The number of carbonyl (C=O) groups excluding carboxylic acids is 1. The summed E-state index contributed by atoms with van der Waals surface area (Å²) < 4.78 is 10.1. The van der Waals surface area contributed by atoms with Crippen LogP contribution in [0.1, 0.15) is 17.3 Å². The Morgan fingerprint density at radius 2 is 2.11 bits per heavy atom. The van der Waals surface area contributed by atoms with Crippen molar-refractivity contribution in [2.24, 2.45) is 0 Å². The highest BCUT2D eigenvalue weighted by molar-refractivity contribution is 6.00. The smallest absolute Gasteiger partial charge is 0.253 e. The highest BCUT2D eigenvalue weighted by atomic mass is 16.5. The van der Waals surface area contributed by atoms with Crippen molar-refractivity contribution in [3.63, 3.8) is 0 Å². The number of amides is 1. The maximum atomic E-state index is 11.9. The van der Waals surface area contributed by atoms with E-state index in [1.165, 1.54) is 20.3 Å². The molecule has 6 nitrogen and oxygen atoms in total. The molecule has 0 aliphatic carbocycles. The van der Waals surface area contributed by atoms with Crippen molar-refractivity contribution < 1.29 is 19.4 Å². The van der Waals surface area contributed by atoms with E-state index in [9.17, 15) is 4.79 Å². The second-order valence-electron chi connectivity index (χ2n) is 3.85. The van der Waals surface area contributed by atoms with E-state index in [2.05, 4.69) is 5.32 Å². The van der Waals surface area contributed by atoms with E-state index in [-0.39, 0.29) is 23.7 Å². The largest absolute Gasteiger partial charge is 0.497 e. The fourth-order valence-electron chi connectivity index (χ4n) is 1.41. The number of aliphatic hydroxyl groups is 1. The van der Waals surface area contributed by atoms with E-state index in [0.717, 1.165) is 0 Å². The van der Waals surface area contributed by atoms with Crippen LogP contribution in [0.2, 0.25) is 0 Å². The Hall–Kier alpha value is -1.95. The number of methoxy groups -OCH3 is 2. The molecule has 1 aromatic carbocycles. The summed E-state index contributed by atoms with van der Waals surface area (Å²) >= 11 is 0. The Kier molecular flexibility index (Phi) is 4.79. The molecule has 0 radical (unpaired) electrons. The van der Waals surface area contributed by atoms with Gasteiger partial charge in [0.15, 0.2) is 0 Å². The molecule has 0 saturated carbocycles. The standard InChI is InChI=1S/C12H18N2O4/c1-7(15)6-14-12(16)9-4-8(17-2)5-10(18-3)11(9)13/h4-5,7,15H,6,13H2,1-3H3,(H,14,16). The Balaban J connectivity index is 3.02. The molecule has 0 heterocycles. The lowest BCUT2D eigenvalue weighted by atomic mass is 10.1. The lowest BCUT2D eigenvalue weighted by Crippen LogP contribution is -2.31. The molecule has 4 N–H and O–H groups in total.